The zero-order valence-electron chi connectivity index (χ0n) is 22.7. The minimum Gasteiger partial charge on any atom is -0.379 e. The van der Waals surface area contributed by atoms with Gasteiger partial charge in [0.15, 0.2) is 0 Å². The Bertz CT molecular complexity index is 1050. The second-order valence-corrected chi connectivity index (χ2v) is 11.1. The van der Waals surface area contributed by atoms with Crippen molar-refractivity contribution in [2.24, 2.45) is 0 Å². The lowest BCUT2D eigenvalue weighted by molar-refractivity contribution is -0.161. The standard InChI is InChI=1S/C31H42N4O2S/c1-2-20-35-29(36)27(15-9-10-19-32-28(38)24-26-13-7-4-8-14-26)33-30(37)31(35)17-22-34(23-18-31)21-16-25-11-5-3-6-12-25/h3-8,11-14,27H,2,9-10,15-24H2,1H3,(H,32,38)(H,33,37)/t27-/m0/s1. The monoisotopic (exact) mass is 534 g/mol. The first-order valence-corrected chi connectivity index (χ1v) is 14.6. The van der Waals surface area contributed by atoms with Crippen LogP contribution in [0.3, 0.4) is 0 Å². The van der Waals surface area contributed by atoms with Crippen molar-refractivity contribution < 1.29 is 9.59 Å². The third kappa shape index (κ3) is 7.20. The molecule has 0 aromatic heterocycles. The number of piperazine rings is 1. The van der Waals surface area contributed by atoms with Gasteiger partial charge in [0.2, 0.25) is 11.8 Å². The Hall–Kier alpha value is -2.77. The second-order valence-electron chi connectivity index (χ2n) is 10.6. The molecule has 2 aromatic carbocycles. The Morgan fingerprint density at radius 3 is 2.29 bits per heavy atom. The normalized spacial score (nSPS) is 19.4. The fraction of sp³-hybridized carbons (Fsp3) is 0.516. The van der Waals surface area contributed by atoms with Crippen molar-refractivity contribution in [3.05, 3.63) is 71.8 Å². The van der Waals surface area contributed by atoms with Crippen molar-refractivity contribution in [1.82, 2.24) is 20.4 Å². The third-order valence-corrected chi connectivity index (χ3v) is 8.24. The van der Waals surface area contributed by atoms with Crippen LogP contribution in [0.5, 0.6) is 0 Å². The molecular weight excluding hydrogens is 492 g/mol. The zero-order chi connectivity index (χ0) is 26.8. The van der Waals surface area contributed by atoms with Crippen LogP contribution in [0.2, 0.25) is 0 Å². The summed E-state index contributed by atoms with van der Waals surface area (Å²) < 4.78 is 0. The summed E-state index contributed by atoms with van der Waals surface area (Å²) in [5, 5.41) is 6.46. The number of thiocarbonyl (C=S) groups is 1. The van der Waals surface area contributed by atoms with Crippen LogP contribution in [0.1, 0.15) is 56.6 Å². The van der Waals surface area contributed by atoms with Crippen molar-refractivity contribution in [2.45, 2.75) is 69.9 Å². The maximum absolute atomic E-state index is 13.6. The highest BCUT2D eigenvalue weighted by atomic mass is 32.1. The van der Waals surface area contributed by atoms with E-state index in [9.17, 15) is 9.59 Å². The van der Waals surface area contributed by atoms with Crippen LogP contribution in [0.4, 0.5) is 0 Å². The topological polar surface area (TPSA) is 64.7 Å². The first-order chi connectivity index (χ1) is 18.5. The Morgan fingerprint density at radius 2 is 1.63 bits per heavy atom. The number of unbranched alkanes of at least 4 members (excludes halogenated alkanes) is 1. The van der Waals surface area contributed by atoms with Crippen LogP contribution >= 0.6 is 12.2 Å². The molecular formula is C31H42N4O2S. The Kier molecular flexibility index (Phi) is 10.3. The molecule has 4 rings (SSSR count). The summed E-state index contributed by atoms with van der Waals surface area (Å²) in [6, 6.07) is 20.3. The highest BCUT2D eigenvalue weighted by Gasteiger charge is 2.52. The number of carbonyl (C=O) groups is 2. The Balaban J connectivity index is 1.23. The van der Waals surface area contributed by atoms with Gasteiger partial charge < -0.3 is 20.4 Å². The number of carbonyl (C=O) groups excluding carboxylic acids is 2. The molecule has 2 saturated heterocycles. The number of hydrogen-bond donors (Lipinski definition) is 2. The Labute approximate surface area is 233 Å². The van der Waals surface area contributed by atoms with Crippen molar-refractivity contribution in [1.29, 1.82) is 0 Å². The van der Waals surface area contributed by atoms with E-state index in [1.807, 2.05) is 29.2 Å². The number of nitrogens with zero attached hydrogens (tertiary/aromatic N) is 2. The fourth-order valence-corrected chi connectivity index (χ4v) is 6.01. The molecule has 2 aliphatic rings. The summed E-state index contributed by atoms with van der Waals surface area (Å²) >= 11 is 5.48. The van der Waals surface area contributed by atoms with Crippen LogP contribution in [0.15, 0.2) is 60.7 Å². The number of amides is 2. The number of hydrogen-bond acceptors (Lipinski definition) is 4. The quantitative estimate of drug-likeness (QED) is 0.317. The molecule has 7 heteroatoms. The van der Waals surface area contributed by atoms with E-state index < -0.39 is 11.6 Å². The maximum Gasteiger partial charge on any atom is 0.246 e. The van der Waals surface area contributed by atoms with Crippen LogP contribution in [-0.4, -0.2) is 70.9 Å². The summed E-state index contributed by atoms with van der Waals surface area (Å²) in [6.07, 6.45) is 6.44. The summed E-state index contributed by atoms with van der Waals surface area (Å²) in [5.74, 6) is 0.136. The molecule has 0 saturated carbocycles. The molecule has 2 aliphatic heterocycles. The van der Waals surface area contributed by atoms with Crippen molar-refractivity contribution in [2.75, 3.05) is 32.7 Å². The van der Waals surface area contributed by atoms with Gasteiger partial charge in [-0.1, -0.05) is 79.8 Å². The molecule has 2 amide bonds. The van der Waals surface area contributed by atoms with Gasteiger partial charge >= 0.3 is 0 Å². The third-order valence-electron chi connectivity index (χ3n) is 7.95. The van der Waals surface area contributed by atoms with Gasteiger partial charge in [0.25, 0.3) is 0 Å². The summed E-state index contributed by atoms with van der Waals surface area (Å²) in [7, 11) is 0. The van der Waals surface area contributed by atoms with Crippen LogP contribution in [0, 0.1) is 0 Å². The van der Waals surface area contributed by atoms with Gasteiger partial charge in [-0.3, -0.25) is 9.59 Å². The maximum atomic E-state index is 13.6. The van der Waals surface area contributed by atoms with E-state index in [4.69, 9.17) is 12.2 Å². The number of nitrogens with one attached hydrogen (secondary N) is 2. The van der Waals surface area contributed by atoms with E-state index >= 15 is 0 Å². The molecule has 0 bridgehead atoms. The Morgan fingerprint density at radius 1 is 0.974 bits per heavy atom. The summed E-state index contributed by atoms with van der Waals surface area (Å²) in [4.78, 5) is 32.3. The molecule has 38 heavy (non-hydrogen) atoms. The number of likely N-dealkylation sites (tertiary alicyclic amines) is 1. The average molecular weight is 535 g/mol. The largest absolute Gasteiger partial charge is 0.379 e. The molecule has 1 atom stereocenters. The number of benzene rings is 2. The van der Waals surface area contributed by atoms with Gasteiger partial charge in [-0.25, -0.2) is 0 Å². The predicted molar refractivity (Wildman–Crippen MR) is 157 cm³/mol. The molecule has 2 fully saturated rings. The van der Waals surface area contributed by atoms with Gasteiger partial charge in [-0.05, 0) is 56.1 Å². The highest BCUT2D eigenvalue weighted by Crippen LogP contribution is 2.34. The fourth-order valence-electron chi connectivity index (χ4n) is 5.74. The molecule has 1 spiro atoms. The molecule has 6 nitrogen and oxygen atoms in total. The molecule has 2 aromatic rings. The first kappa shape index (κ1) is 28.2. The van der Waals surface area contributed by atoms with Crippen molar-refractivity contribution >= 4 is 29.0 Å². The van der Waals surface area contributed by atoms with E-state index in [1.54, 1.807) is 0 Å². The minimum absolute atomic E-state index is 0.0421. The van der Waals surface area contributed by atoms with E-state index in [-0.39, 0.29) is 11.8 Å². The van der Waals surface area contributed by atoms with Crippen LogP contribution < -0.4 is 10.6 Å². The highest BCUT2D eigenvalue weighted by molar-refractivity contribution is 7.80. The smallest absolute Gasteiger partial charge is 0.246 e. The summed E-state index contributed by atoms with van der Waals surface area (Å²) in [5.41, 5.74) is 1.84. The molecule has 2 heterocycles. The molecule has 0 unspecified atom stereocenters. The average Bonchev–Trinajstić information content (AvgIpc) is 2.94. The molecule has 204 valence electrons. The van der Waals surface area contributed by atoms with E-state index in [0.717, 1.165) is 63.3 Å². The van der Waals surface area contributed by atoms with E-state index in [0.29, 0.717) is 25.8 Å². The zero-order valence-corrected chi connectivity index (χ0v) is 23.5. The second kappa shape index (κ2) is 13.9. The lowest BCUT2D eigenvalue weighted by Gasteiger charge is -2.51. The lowest BCUT2D eigenvalue weighted by atomic mass is 9.81. The van der Waals surface area contributed by atoms with Crippen LogP contribution in [-0.2, 0) is 22.4 Å². The SMILES string of the molecule is CCCN1C(=O)[C@H](CCCCNC(=S)Cc2ccccc2)NC(=O)C12CCN(CCc1ccccc1)CC2. The van der Waals surface area contributed by atoms with E-state index in [2.05, 4.69) is 58.9 Å². The van der Waals surface area contributed by atoms with Gasteiger partial charge in [-0.15, -0.1) is 0 Å². The van der Waals surface area contributed by atoms with E-state index in [1.165, 1.54) is 11.1 Å². The number of piperidine rings is 1. The molecule has 0 radical (unpaired) electrons. The van der Waals surface area contributed by atoms with Gasteiger partial charge in [-0.2, -0.15) is 0 Å². The first-order valence-electron chi connectivity index (χ1n) is 14.2. The lowest BCUT2D eigenvalue weighted by Crippen LogP contribution is -2.72. The predicted octanol–water partition coefficient (Wildman–Crippen LogP) is 4.13. The van der Waals surface area contributed by atoms with Crippen molar-refractivity contribution in [3.8, 4) is 0 Å². The molecule has 2 N–H and O–H groups in total. The van der Waals surface area contributed by atoms with Gasteiger partial charge in [0.05, 0.1) is 4.99 Å². The van der Waals surface area contributed by atoms with Gasteiger partial charge in [0.1, 0.15) is 11.6 Å². The summed E-state index contributed by atoms with van der Waals surface area (Å²) in [6.45, 7) is 6.17. The van der Waals surface area contributed by atoms with Crippen LogP contribution in [0.25, 0.3) is 0 Å². The van der Waals surface area contributed by atoms with Crippen molar-refractivity contribution in [3.63, 3.8) is 0 Å². The minimum atomic E-state index is -0.696. The molecule has 0 aliphatic carbocycles. The number of rotatable bonds is 12. The van der Waals surface area contributed by atoms with Gasteiger partial charge in [0, 0.05) is 39.1 Å².